The van der Waals surface area contributed by atoms with E-state index in [1.807, 2.05) is 66.7 Å². The summed E-state index contributed by atoms with van der Waals surface area (Å²) < 4.78 is 11.4. The van der Waals surface area contributed by atoms with Crippen molar-refractivity contribution in [2.75, 3.05) is 6.61 Å². The Bertz CT molecular complexity index is 1050. The Hall–Kier alpha value is -3.54. The lowest BCUT2D eigenvalue weighted by atomic mass is 9.98. The summed E-state index contributed by atoms with van der Waals surface area (Å²) in [6.45, 7) is 5.63. The van der Waals surface area contributed by atoms with E-state index < -0.39 is 17.9 Å². The SMILES string of the molecule is CC[C@H](C)c1ccccc1OCC(=O)NNC(=O)[C@H](C)Oc1ccc2ccccc2c1. The molecule has 0 saturated carbocycles. The van der Waals surface area contributed by atoms with Crippen LogP contribution in [0.3, 0.4) is 0 Å². The molecule has 0 fully saturated rings. The molecule has 31 heavy (non-hydrogen) atoms. The molecule has 3 rings (SSSR count). The summed E-state index contributed by atoms with van der Waals surface area (Å²) in [6, 6.07) is 21.2. The third kappa shape index (κ3) is 5.98. The lowest BCUT2D eigenvalue weighted by molar-refractivity contribution is -0.133. The molecule has 0 spiro atoms. The second kappa shape index (κ2) is 10.5. The Balaban J connectivity index is 1.48. The third-order valence-corrected chi connectivity index (χ3v) is 5.15. The smallest absolute Gasteiger partial charge is 0.279 e. The summed E-state index contributed by atoms with van der Waals surface area (Å²) in [4.78, 5) is 24.4. The average molecular weight is 421 g/mol. The molecule has 0 radical (unpaired) electrons. The van der Waals surface area contributed by atoms with E-state index in [2.05, 4.69) is 24.7 Å². The van der Waals surface area contributed by atoms with Crippen LogP contribution in [-0.2, 0) is 9.59 Å². The molecule has 0 heterocycles. The number of carbonyl (C=O) groups is 2. The zero-order chi connectivity index (χ0) is 22.2. The molecule has 0 bridgehead atoms. The van der Waals surface area contributed by atoms with E-state index >= 15 is 0 Å². The number of hydrogen-bond acceptors (Lipinski definition) is 4. The number of nitrogens with one attached hydrogen (secondary N) is 2. The molecule has 0 aromatic heterocycles. The zero-order valence-electron chi connectivity index (χ0n) is 18.1. The molecule has 0 unspecified atom stereocenters. The van der Waals surface area contributed by atoms with E-state index in [0.29, 0.717) is 17.4 Å². The number of amides is 2. The molecule has 6 nitrogen and oxygen atoms in total. The van der Waals surface area contributed by atoms with Crippen molar-refractivity contribution in [1.29, 1.82) is 0 Å². The first-order valence-electron chi connectivity index (χ1n) is 10.4. The topological polar surface area (TPSA) is 76.7 Å². The molecule has 0 aliphatic carbocycles. The number of benzene rings is 3. The van der Waals surface area contributed by atoms with Crippen molar-refractivity contribution in [2.24, 2.45) is 0 Å². The fourth-order valence-electron chi connectivity index (χ4n) is 3.15. The van der Waals surface area contributed by atoms with Gasteiger partial charge < -0.3 is 9.47 Å². The number of hydrazine groups is 1. The van der Waals surface area contributed by atoms with Crippen LogP contribution in [0.1, 0.15) is 38.7 Å². The summed E-state index contributed by atoms with van der Waals surface area (Å²) in [5.41, 5.74) is 5.80. The summed E-state index contributed by atoms with van der Waals surface area (Å²) in [5, 5.41) is 2.12. The van der Waals surface area contributed by atoms with Gasteiger partial charge in [0.2, 0.25) is 0 Å². The first kappa shape index (κ1) is 22.2. The number of para-hydroxylation sites is 1. The van der Waals surface area contributed by atoms with E-state index in [1.165, 1.54) is 0 Å². The Morgan fingerprint density at radius 1 is 0.903 bits per heavy atom. The molecule has 162 valence electrons. The first-order chi connectivity index (χ1) is 15.0. The number of fused-ring (bicyclic) bond motifs is 1. The Morgan fingerprint density at radius 3 is 2.39 bits per heavy atom. The molecule has 2 N–H and O–H groups in total. The molecular weight excluding hydrogens is 392 g/mol. The largest absolute Gasteiger partial charge is 0.483 e. The summed E-state index contributed by atoms with van der Waals surface area (Å²) >= 11 is 0. The lowest BCUT2D eigenvalue weighted by Gasteiger charge is -2.17. The van der Waals surface area contributed by atoms with Crippen molar-refractivity contribution in [1.82, 2.24) is 10.9 Å². The predicted octanol–water partition coefficient (Wildman–Crippen LogP) is 4.35. The molecular formula is C25H28N2O4. The summed E-state index contributed by atoms with van der Waals surface area (Å²) in [7, 11) is 0. The number of rotatable bonds is 8. The minimum Gasteiger partial charge on any atom is -0.483 e. The van der Waals surface area contributed by atoms with Crippen LogP contribution >= 0.6 is 0 Å². The van der Waals surface area contributed by atoms with Gasteiger partial charge in [0.05, 0.1) is 0 Å². The summed E-state index contributed by atoms with van der Waals surface area (Å²) in [6.07, 6.45) is 0.186. The Labute approximate surface area is 182 Å². The first-order valence-corrected chi connectivity index (χ1v) is 10.4. The highest BCUT2D eigenvalue weighted by Crippen LogP contribution is 2.28. The van der Waals surface area contributed by atoms with Crippen LogP contribution in [0, 0.1) is 0 Å². The maximum atomic E-state index is 12.3. The molecule has 3 aromatic rings. The van der Waals surface area contributed by atoms with Crippen LogP contribution in [0.5, 0.6) is 11.5 Å². The van der Waals surface area contributed by atoms with E-state index in [9.17, 15) is 9.59 Å². The zero-order valence-corrected chi connectivity index (χ0v) is 18.1. The van der Waals surface area contributed by atoms with Crippen LogP contribution in [0.2, 0.25) is 0 Å². The van der Waals surface area contributed by atoms with Crippen molar-refractivity contribution in [3.8, 4) is 11.5 Å². The Morgan fingerprint density at radius 2 is 1.61 bits per heavy atom. The average Bonchev–Trinajstić information content (AvgIpc) is 2.80. The number of ether oxygens (including phenoxy) is 2. The van der Waals surface area contributed by atoms with Gasteiger partial charge in [-0.25, -0.2) is 0 Å². The minimum atomic E-state index is -0.784. The normalized spacial score (nSPS) is 12.6. The van der Waals surface area contributed by atoms with Gasteiger partial charge >= 0.3 is 0 Å². The van der Waals surface area contributed by atoms with E-state index in [1.54, 1.807) is 6.92 Å². The van der Waals surface area contributed by atoms with Crippen LogP contribution in [-0.4, -0.2) is 24.5 Å². The fourth-order valence-corrected chi connectivity index (χ4v) is 3.15. The van der Waals surface area contributed by atoms with Crippen molar-refractivity contribution >= 4 is 22.6 Å². The highest BCUT2D eigenvalue weighted by molar-refractivity contribution is 5.86. The Kier molecular flexibility index (Phi) is 7.49. The summed E-state index contributed by atoms with van der Waals surface area (Å²) in [5.74, 6) is 0.669. The van der Waals surface area contributed by atoms with E-state index in [0.717, 1.165) is 22.8 Å². The number of hydrogen-bond donors (Lipinski definition) is 2. The van der Waals surface area contributed by atoms with Crippen molar-refractivity contribution < 1.29 is 19.1 Å². The highest BCUT2D eigenvalue weighted by Gasteiger charge is 2.16. The monoisotopic (exact) mass is 420 g/mol. The molecule has 3 aromatic carbocycles. The van der Waals surface area contributed by atoms with Gasteiger partial charge in [-0.05, 0) is 53.8 Å². The van der Waals surface area contributed by atoms with Crippen LogP contribution < -0.4 is 20.3 Å². The van der Waals surface area contributed by atoms with Crippen LogP contribution in [0.4, 0.5) is 0 Å². The van der Waals surface area contributed by atoms with Gasteiger partial charge in [0, 0.05) is 0 Å². The standard InChI is InChI=1S/C25H28N2O4/c1-4-17(2)22-11-7-8-12-23(22)30-16-24(28)26-27-25(29)18(3)31-21-14-13-19-9-5-6-10-20(19)15-21/h5-15,17-18H,4,16H2,1-3H3,(H,26,28)(H,27,29)/t17-,18-/m0/s1. The van der Waals surface area contributed by atoms with Gasteiger partial charge in [-0.2, -0.15) is 0 Å². The minimum absolute atomic E-state index is 0.201. The maximum Gasteiger partial charge on any atom is 0.279 e. The predicted molar refractivity (Wildman–Crippen MR) is 121 cm³/mol. The van der Waals surface area contributed by atoms with Crippen molar-refractivity contribution in [3.63, 3.8) is 0 Å². The van der Waals surface area contributed by atoms with E-state index in [-0.39, 0.29) is 6.61 Å². The van der Waals surface area contributed by atoms with Crippen LogP contribution in [0.15, 0.2) is 66.7 Å². The van der Waals surface area contributed by atoms with Crippen LogP contribution in [0.25, 0.3) is 10.8 Å². The third-order valence-electron chi connectivity index (χ3n) is 5.15. The van der Waals surface area contributed by atoms with E-state index in [4.69, 9.17) is 9.47 Å². The molecule has 0 aliphatic heterocycles. The van der Waals surface area contributed by atoms with Gasteiger partial charge in [-0.1, -0.05) is 62.4 Å². The quantitative estimate of drug-likeness (QED) is 0.531. The van der Waals surface area contributed by atoms with Gasteiger partial charge in [0.1, 0.15) is 11.5 Å². The van der Waals surface area contributed by atoms with Gasteiger partial charge in [0.15, 0.2) is 12.7 Å². The number of carbonyl (C=O) groups excluding carboxylic acids is 2. The maximum absolute atomic E-state index is 12.3. The van der Waals surface area contributed by atoms with Gasteiger partial charge in [0.25, 0.3) is 11.8 Å². The highest BCUT2D eigenvalue weighted by atomic mass is 16.5. The molecule has 6 heteroatoms. The lowest BCUT2D eigenvalue weighted by Crippen LogP contribution is -2.48. The second-order valence-electron chi connectivity index (χ2n) is 7.44. The molecule has 2 amide bonds. The molecule has 0 aliphatic rings. The second-order valence-corrected chi connectivity index (χ2v) is 7.44. The fraction of sp³-hybridized carbons (Fsp3) is 0.280. The van der Waals surface area contributed by atoms with Crippen molar-refractivity contribution in [2.45, 2.75) is 39.2 Å². The molecule has 2 atom stereocenters. The van der Waals surface area contributed by atoms with Crippen molar-refractivity contribution in [3.05, 3.63) is 72.3 Å². The van der Waals surface area contributed by atoms with Gasteiger partial charge in [-0.15, -0.1) is 0 Å². The van der Waals surface area contributed by atoms with Gasteiger partial charge in [-0.3, -0.25) is 20.4 Å². The molecule has 0 saturated heterocycles.